The predicted octanol–water partition coefficient (Wildman–Crippen LogP) is 1.87. The first-order valence-electron chi connectivity index (χ1n) is 8.74. The Labute approximate surface area is 142 Å². The van der Waals surface area contributed by atoms with Gasteiger partial charge in [0.1, 0.15) is 0 Å². The van der Waals surface area contributed by atoms with E-state index in [0.717, 1.165) is 39.1 Å². The maximum absolute atomic E-state index is 12.7. The lowest BCUT2D eigenvalue weighted by atomic mass is 10.1. The average molecular weight is 324 g/mol. The molecule has 0 radical (unpaired) electrons. The van der Waals surface area contributed by atoms with Crippen LogP contribution >= 0.6 is 0 Å². The number of aromatic nitrogens is 2. The molecule has 24 heavy (non-hydrogen) atoms. The van der Waals surface area contributed by atoms with Crippen LogP contribution in [0.25, 0.3) is 0 Å². The van der Waals surface area contributed by atoms with Crippen LogP contribution in [-0.2, 0) is 18.4 Å². The highest BCUT2D eigenvalue weighted by Crippen LogP contribution is 2.48. The second kappa shape index (κ2) is 6.40. The maximum atomic E-state index is 12.7. The summed E-state index contributed by atoms with van der Waals surface area (Å²) in [5.41, 5.74) is 2.55. The van der Waals surface area contributed by atoms with Crippen molar-refractivity contribution in [2.75, 3.05) is 26.2 Å². The average Bonchev–Trinajstić information content (AvgIpc) is 3.32. The second-order valence-corrected chi connectivity index (χ2v) is 6.98. The molecule has 0 bridgehead atoms. The minimum atomic E-state index is 0.206. The lowest BCUT2D eigenvalue weighted by Gasteiger charge is -2.34. The summed E-state index contributed by atoms with van der Waals surface area (Å²) in [6.07, 6.45) is 5.00. The summed E-state index contributed by atoms with van der Waals surface area (Å²) in [4.78, 5) is 17.2. The lowest BCUT2D eigenvalue weighted by Crippen LogP contribution is -2.48. The number of nitrogens with zero attached hydrogens (tertiary/aromatic N) is 4. The van der Waals surface area contributed by atoms with E-state index in [1.54, 1.807) is 0 Å². The molecule has 2 aromatic rings. The predicted molar refractivity (Wildman–Crippen MR) is 92.4 cm³/mol. The zero-order valence-electron chi connectivity index (χ0n) is 14.1. The van der Waals surface area contributed by atoms with Gasteiger partial charge in [-0.15, -0.1) is 0 Å². The monoisotopic (exact) mass is 324 g/mol. The van der Waals surface area contributed by atoms with Gasteiger partial charge in [0, 0.05) is 57.4 Å². The van der Waals surface area contributed by atoms with Gasteiger partial charge in [-0.2, -0.15) is 5.10 Å². The number of carbonyl (C=O) groups excluding carboxylic acids is 1. The van der Waals surface area contributed by atoms with Crippen molar-refractivity contribution in [3.8, 4) is 0 Å². The van der Waals surface area contributed by atoms with Crippen LogP contribution in [0.2, 0.25) is 0 Å². The Morgan fingerprint density at radius 1 is 1.17 bits per heavy atom. The van der Waals surface area contributed by atoms with Crippen LogP contribution in [0.1, 0.15) is 23.5 Å². The van der Waals surface area contributed by atoms with Crippen LogP contribution in [0.3, 0.4) is 0 Å². The summed E-state index contributed by atoms with van der Waals surface area (Å²) >= 11 is 0. The van der Waals surface area contributed by atoms with Crippen LogP contribution in [0, 0.1) is 5.92 Å². The highest BCUT2D eigenvalue weighted by molar-refractivity contribution is 5.83. The molecule has 1 aromatic carbocycles. The van der Waals surface area contributed by atoms with Crippen molar-refractivity contribution < 1.29 is 4.79 Å². The van der Waals surface area contributed by atoms with Crippen molar-refractivity contribution in [1.82, 2.24) is 19.6 Å². The van der Waals surface area contributed by atoms with Gasteiger partial charge in [0.15, 0.2) is 0 Å². The van der Waals surface area contributed by atoms with Crippen molar-refractivity contribution >= 4 is 5.91 Å². The molecule has 126 valence electrons. The molecular formula is C19H24N4O. The molecule has 1 saturated carbocycles. The number of benzene rings is 1. The Kier molecular flexibility index (Phi) is 4.10. The fourth-order valence-corrected chi connectivity index (χ4v) is 3.71. The van der Waals surface area contributed by atoms with Crippen LogP contribution in [0.5, 0.6) is 0 Å². The Morgan fingerprint density at radius 2 is 1.92 bits per heavy atom. The molecule has 0 N–H and O–H groups in total. The van der Waals surface area contributed by atoms with E-state index in [2.05, 4.69) is 45.4 Å². The summed E-state index contributed by atoms with van der Waals surface area (Å²) < 4.78 is 1.84. The van der Waals surface area contributed by atoms with E-state index in [0.29, 0.717) is 11.8 Å². The van der Waals surface area contributed by atoms with Crippen molar-refractivity contribution in [3.63, 3.8) is 0 Å². The number of rotatable bonds is 4. The molecule has 1 saturated heterocycles. The minimum Gasteiger partial charge on any atom is -0.340 e. The highest BCUT2D eigenvalue weighted by atomic mass is 16.2. The quantitative estimate of drug-likeness (QED) is 0.862. The molecule has 2 fully saturated rings. The van der Waals surface area contributed by atoms with Gasteiger partial charge in [-0.3, -0.25) is 14.4 Å². The van der Waals surface area contributed by atoms with E-state index in [-0.39, 0.29) is 5.92 Å². The highest BCUT2D eigenvalue weighted by Gasteiger charge is 2.45. The van der Waals surface area contributed by atoms with Crippen LogP contribution < -0.4 is 0 Å². The van der Waals surface area contributed by atoms with Gasteiger partial charge >= 0.3 is 0 Å². The zero-order valence-corrected chi connectivity index (χ0v) is 14.1. The third-order valence-corrected chi connectivity index (χ3v) is 5.18. The van der Waals surface area contributed by atoms with E-state index >= 15 is 0 Å². The Morgan fingerprint density at radius 3 is 2.58 bits per heavy atom. The summed E-state index contributed by atoms with van der Waals surface area (Å²) in [6.45, 7) is 4.51. The molecule has 0 spiro atoms. The Hall–Kier alpha value is -2.14. The first-order valence-corrected chi connectivity index (χ1v) is 8.74. The van der Waals surface area contributed by atoms with Gasteiger partial charge < -0.3 is 4.90 Å². The molecule has 1 aromatic heterocycles. The number of piperazine rings is 1. The van der Waals surface area contributed by atoms with Crippen LogP contribution in [-0.4, -0.2) is 51.7 Å². The zero-order chi connectivity index (χ0) is 16.5. The SMILES string of the molecule is Cn1cc(CN2CCN(C(=O)C3CC3c3ccccc3)CC2)cn1. The van der Waals surface area contributed by atoms with E-state index in [9.17, 15) is 4.79 Å². The molecule has 5 heteroatoms. The number of hydrogen-bond acceptors (Lipinski definition) is 3. The number of aryl methyl sites for hydroxylation is 1. The summed E-state index contributed by atoms with van der Waals surface area (Å²) in [5, 5.41) is 4.22. The summed E-state index contributed by atoms with van der Waals surface area (Å²) in [6, 6.07) is 10.4. The Bertz CT molecular complexity index is 703. The van der Waals surface area contributed by atoms with E-state index in [1.165, 1.54) is 11.1 Å². The van der Waals surface area contributed by atoms with Crippen molar-refractivity contribution in [2.45, 2.75) is 18.9 Å². The fourth-order valence-electron chi connectivity index (χ4n) is 3.71. The number of amides is 1. The smallest absolute Gasteiger partial charge is 0.226 e. The molecule has 2 atom stereocenters. The van der Waals surface area contributed by atoms with Crippen molar-refractivity contribution in [2.24, 2.45) is 13.0 Å². The van der Waals surface area contributed by atoms with Crippen molar-refractivity contribution in [3.05, 3.63) is 53.9 Å². The third-order valence-electron chi connectivity index (χ3n) is 5.18. The van der Waals surface area contributed by atoms with Crippen molar-refractivity contribution in [1.29, 1.82) is 0 Å². The van der Waals surface area contributed by atoms with Gasteiger partial charge in [-0.1, -0.05) is 30.3 Å². The normalized spacial score (nSPS) is 24.1. The molecule has 5 nitrogen and oxygen atoms in total. The first kappa shape index (κ1) is 15.4. The third kappa shape index (κ3) is 3.22. The van der Waals surface area contributed by atoms with Gasteiger partial charge in [-0.25, -0.2) is 0 Å². The topological polar surface area (TPSA) is 41.4 Å². The number of hydrogen-bond donors (Lipinski definition) is 0. The van der Waals surface area contributed by atoms with Gasteiger partial charge in [-0.05, 0) is 17.9 Å². The largest absolute Gasteiger partial charge is 0.340 e. The van der Waals surface area contributed by atoms with Gasteiger partial charge in [0.2, 0.25) is 5.91 Å². The first-order chi connectivity index (χ1) is 11.7. The molecule has 2 aliphatic rings. The van der Waals surface area contributed by atoms with E-state index in [4.69, 9.17) is 0 Å². The van der Waals surface area contributed by atoms with Gasteiger partial charge in [0.05, 0.1) is 6.20 Å². The Balaban J connectivity index is 1.28. The molecular weight excluding hydrogens is 300 g/mol. The molecule has 4 rings (SSSR count). The second-order valence-electron chi connectivity index (χ2n) is 6.98. The standard InChI is InChI=1S/C19H24N4O/c1-21-13-15(12-20-21)14-22-7-9-23(10-8-22)19(24)18-11-17(18)16-5-3-2-4-6-16/h2-6,12-13,17-18H,7-11,14H2,1H3. The lowest BCUT2D eigenvalue weighted by molar-refractivity contribution is -0.134. The van der Waals surface area contributed by atoms with Gasteiger partial charge in [0.25, 0.3) is 0 Å². The molecule has 2 unspecified atom stereocenters. The van der Waals surface area contributed by atoms with E-state index < -0.39 is 0 Å². The number of carbonyl (C=O) groups is 1. The van der Waals surface area contributed by atoms with Crippen LogP contribution in [0.4, 0.5) is 0 Å². The maximum Gasteiger partial charge on any atom is 0.226 e. The molecule has 1 aliphatic carbocycles. The fraction of sp³-hybridized carbons (Fsp3) is 0.474. The minimum absolute atomic E-state index is 0.206. The molecule has 1 amide bonds. The summed E-state index contributed by atoms with van der Waals surface area (Å²) in [7, 11) is 1.94. The summed E-state index contributed by atoms with van der Waals surface area (Å²) in [5.74, 6) is 0.995. The van der Waals surface area contributed by atoms with Crippen LogP contribution in [0.15, 0.2) is 42.7 Å². The molecule has 1 aliphatic heterocycles. The van der Waals surface area contributed by atoms with E-state index in [1.807, 2.05) is 24.0 Å². The molecule has 2 heterocycles.